The molecule has 8 aromatic carbocycles. The van der Waals surface area contributed by atoms with Crippen LogP contribution in [0.25, 0.3) is 11.1 Å². The van der Waals surface area contributed by atoms with E-state index >= 15 is 0 Å². The molecule has 77 heavy (non-hydrogen) atoms. The molecule has 2 aliphatic carbocycles. The molecule has 388 valence electrons. The molecule has 3 nitrogen and oxygen atoms in total. The number of hydrogen-bond donors (Lipinski definition) is 0. The molecule has 4 heteroatoms. The predicted octanol–water partition coefficient (Wildman–Crippen LogP) is 18.1. The summed E-state index contributed by atoms with van der Waals surface area (Å²) in [5.74, 6) is 0. The second-order valence-corrected chi connectivity index (χ2v) is 28.6. The molecule has 0 saturated heterocycles. The Labute approximate surface area is 461 Å². The maximum Gasteiger partial charge on any atom is 0.252 e. The van der Waals surface area contributed by atoms with E-state index < -0.39 is 0 Å². The van der Waals surface area contributed by atoms with Crippen LogP contribution in [0.15, 0.2) is 164 Å². The zero-order chi connectivity index (χ0) is 54.1. The van der Waals surface area contributed by atoms with Gasteiger partial charge in [0, 0.05) is 56.2 Å². The van der Waals surface area contributed by atoms with E-state index in [0.29, 0.717) is 0 Å². The van der Waals surface area contributed by atoms with Crippen molar-refractivity contribution in [1.82, 2.24) is 0 Å². The van der Waals surface area contributed by atoms with Gasteiger partial charge in [-0.1, -0.05) is 195 Å². The Balaban J connectivity index is 1.23. The number of rotatable bonds is 4. The van der Waals surface area contributed by atoms with Gasteiger partial charge >= 0.3 is 0 Å². The average Bonchev–Trinajstić information content (AvgIpc) is 3.85. The van der Waals surface area contributed by atoms with E-state index in [-0.39, 0.29) is 44.6 Å². The molecule has 2 atom stereocenters. The molecule has 0 N–H and O–H groups in total. The second kappa shape index (κ2) is 16.4. The van der Waals surface area contributed by atoms with Crippen LogP contribution < -0.4 is 31.1 Å². The summed E-state index contributed by atoms with van der Waals surface area (Å²) in [5, 5.41) is 0. The van der Waals surface area contributed by atoms with Crippen molar-refractivity contribution in [1.29, 1.82) is 0 Å². The summed E-state index contributed by atoms with van der Waals surface area (Å²) < 4.78 is 0. The number of anilines is 9. The number of fused-ring (bicyclic) bond motifs is 4. The molecule has 0 fully saturated rings. The Morgan fingerprint density at radius 1 is 0.403 bits per heavy atom. The summed E-state index contributed by atoms with van der Waals surface area (Å²) in [7, 11) is 0. The summed E-state index contributed by atoms with van der Waals surface area (Å²) in [4.78, 5) is 7.85. The molecule has 4 heterocycles. The number of hydrogen-bond acceptors (Lipinski definition) is 3. The summed E-state index contributed by atoms with van der Waals surface area (Å²) in [6, 6.07) is 64.7. The lowest BCUT2D eigenvalue weighted by Gasteiger charge is -2.54. The summed E-state index contributed by atoms with van der Waals surface area (Å²) in [5.41, 5.74) is 27.1. The van der Waals surface area contributed by atoms with Crippen molar-refractivity contribution in [2.75, 3.05) is 14.7 Å². The predicted molar refractivity (Wildman–Crippen MR) is 331 cm³/mol. The minimum Gasteiger partial charge on any atom is -0.311 e. The van der Waals surface area contributed by atoms with Gasteiger partial charge in [0.2, 0.25) is 0 Å². The van der Waals surface area contributed by atoms with E-state index in [4.69, 9.17) is 0 Å². The van der Waals surface area contributed by atoms with E-state index in [2.05, 4.69) is 282 Å². The Morgan fingerprint density at radius 2 is 0.948 bits per heavy atom. The van der Waals surface area contributed by atoms with Crippen molar-refractivity contribution in [3.8, 4) is 11.1 Å². The molecule has 14 rings (SSSR count). The van der Waals surface area contributed by atoms with Gasteiger partial charge in [0.25, 0.3) is 6.71 Å². The highest BCUT2D eigenvalue weighted by atomic mass is 15.2. The summed E-state index contributed by atoms with van der Waals surface area (Å²) >= 11 is 0. The lowest BCUT2D eigenvalue weighted by Crippen LogP contribution is -2.62. The van der Waals surface area contributed by atoms with E-state index in [1.807, 2.05) is 0 Å². The fraction of sp³-hybridized carbons (Fsp3) is 0.342. The second-order valence-electron chi connectivity index (χ2n) is 28.6. The van der Waals surface area contributed by atoms with Crippen LogP contribution in [-0.4, -0.2) is 6.71 Å². The first-order chi connectivity index (χ1) is 36.3. The van der Waals surface area contributed by atoms with Crippen molar-refractivity contribution in [3.05, 3.63) is 203 Å². The van der Waals surface area contributed by atoms with Crippen molar-refractivity contribution < 1.29 is 0 Å². The van der Waals surface area contributed by atoms with E-state index in [1.54, 1.807) is 0 Å². The molecule has 0 aromatic heterocycles. The molecule has 0 saturated carbocycles. The van der Waals surface area contributed by atoms with E-state index in [9.17, 15) is 0 Å². The molecule has 0 radical (unpaired) electrons. The summed E-state index contributed by atoms with van der Waals surface area (Å²) in [6.45, 7) is 36.5. The first-order valence-electron chi connectivity index (χ1n) is 28.7. The van der Waals surface area contributed by atoms with Crippen LogP contribution in [0.2, 0.25) is 0 Å². The smallest absolute Gasteiger partial charge is 0.252 e. The number of benzene rings is 8. The minimum atomic E-state index is -0.134. The first kappa shape index (κ1) is 49.8. The molecule has 4 aliphatic heterocycles. The average molecular weight is 1010 g/mol. The van der Waals surface area contributed by atoms with Gasteiger partial charge in [-0.15, -0.1) is 0 Å². The Kier molecular flexibility index (Phi) is 10.6. The van der Waals surface area contributed by atoms with Gasteiger partial charge in [-0.05, 0) is 180 Å². The highest BCUT2D eigenvalue weighted by Crippen LogP contribution is 2.64. The SMILES string of the molecule is CC(C)(C)c1ccc(N2c3ccc(C(C)(C)C)cc3B3c4cc5c6cc4N(c4ccc(C(C)(C)C)cc4-c4ccc7c(c4)C(C)(C)CC7(C)C6(C)CCC5(C)C)c4cc(N(c5ccccc5)c5ccccc5)cc2c43)cc1. The van der Waals surface area contributed by atoms with Crippen molar-refractivity contribution >= 4 is 74.3 Å². The minimum absolute atomic E-state index is 0.00982. The molecule has 8 aromatic rings. The van der Waals surface area contributed by atoms with Crippen LogP contribution >= 0.6 is 0 Å². The largest absolute Gasteiger partial charge is 0.311 e. The monoisotopic (exact) mass is 1010 g/mol. The fourth-order valence-corrected chi connectivity index (χ4v) is 15.0. The third-order valence-electron chi connectivity index (χ3n) is 19.7. The topological polar surface area (TPSA) is 9.72 Å². The third-order valence-corrected chi connectivity index (χ3v) is 19.7. The van der Waals surface area contributed by atoms with Crippen LogP contribution in [0, 0.1) is 0 Å². The molecule has 2 unspecified atom stereocenters. The standard InChI is InChI=1S/C73H78BN3/c1-67(2,3)47-27-31-52(32-28-47)76-62-35-30-49(69(7,8)9)40-59(62)74-60-43-57-58-44-63(60)77(65-42-53(41-64(76)66(65)74)75(50-22-18-16-19-23-50)51-24-20-17-21-25-51)61-34-29-48(68(4,5)6)39-54(61)46-26-33-55-56(38-46)71(12,13)45-73(55,15)72(58,14)37-36-70(57,10)11/h16-35,38-44H,36-37,45H2,1-15H3. The van der Waals surface area contributed by atoms with Gasteiger partial charge in [0.05, 0.1) is 11.4 Å². The molecular formula is C73H78BN3. The van der Waals surface area contributed by atoms with Gasteiger partial charge in [-0.2, -0.15) is 0 Å². The summed E-state index contributed by atoms with van der Waals surface area (Å²) in [6.07, 6.45) is 3.37. The highest BCUT2D eigenvalue weighted by molar-refractivity contribution is 7.00. The van der Waals surface area contributed by atoms with Gasteiger partial charge in [0.1, 0.15) is 0 Å². The molecule has 6 bridgehead atoms. The first-order valence-corrected chi connectivity index (χ1v) is 28.7. The normalized spacial score (nSPS) is 20.2. The zero-order valence-electron chi connectivity index (χ0n) is 48.6. The van der Waals surface area contributed by atoms with Crippen LogP contribution in [0.4, 0.5) is 51.2 Å². The third kappa shape index (κ3) is 7.36. The Hall–Kier alpha value is -6.78. The molecule has 0 spiro atoms. The van der Waals surface area contributed by atoms with Crippen LogP contribution in [0.3, 0.4) is 0 Å². The maximum atomic E-state index is 2.75. The highest BCUT2D eigenvalue weighted by Gasteiger charge is 2.59. The zero-order valence-corrected chi connectivity index (χ0v) is 48.6. The maximum absolute atomic E-state index is 2.75. The Bertz CT molecular complexity index is 3670. The fourth-order valence-electron chi connectivity index (χ4n) is 15.0. The molecular weight excluding hydrogens is 930 g/mol. The van der Waals surface area contributed by atoms with Crippen LogP contribution in [0.5, 0.6) is 0 Å². The van der Waals surface area contributed by atoms with Gasteiger partial charge < -0.3 is 14.7 Å². The Morgan fingerprint density at radius 3 is 1.56 bits per heavy atom. The van der Waals surface area contributed by atoms with Crippen molar-refractivity contribution in [2.45, 2.75) is 161 Å². The van der Waals surface area contributed by atoms with E-state index in [1.165, 1.54) is 94.9 Å². The lowest BCUT2D eigenvalue weighted by atomic mass is 9.32. The van der Waals surface area contributed by atoms with Crippen molar-refractivity contribution in [3.63, 3.8) is 0 Å². The van der Waals surface area contributed by atoms with Crippen LogP contribution in [0.1, 0.15) is 162 Å². The van der Waals surface area contributed by atoms with Crippen LogP contribution in [-0.2, 0) is 37.9 Å². The number of para-hydroxylation sites is 2. The van der Waals surface area contributed by atoms with Gasteiger partial charge in [0.15, 0.2) is 0 Å². The van der Waals surface area contributed by atoms with Gasteiger partial charge in [-0.3, -0.25) is 0 Å². The lowest BCUT2D eigenvalue weighted by molar-refractivity contribution is 0.175. The quantitative estimate of drug-likeness (QED) is 0.163. The van der Waals surface area contributed by atoms with Crippen molar-refractivity contribution in [2.24, 2.45) is 0 Å². The number of nitrogens with zero attached hydrogens (tertiary/aromatic N) is 3. The molecule has 6 aliphatic rings. The van der Waals surface area contributed by atoms with Gasteiger partial charge in [-0.25, -0.2) is 0 Å². The molecule has 0 amide bonds. The van der Waals surface area contributed by atoms with E-state index in [0.717, 1.165) is 42.0 Å².